The van der Waals surface area contributed by atoms with Gasteiger partial charge in [-0.05, 0) is 24.3 Å². The quantitative estimate of drug-likeness (QED) is 0.421. The molecule has 1 aromatic heterocycles. The second-order valence-electron chi connectivity index (χ2n) is 6.09. The summed E-state index contributed by atoms with van der Waals surface area (Å²) in [4.78, 5) is 25.0. The van der Waals surface area contributed by atoms with E-state index in [4.69, 9.17) is 0 Å². The highest BCUT2D eigenvalue weighted by atomic mass is 19.4. The van der Waals surface area contributed by atoms with Gasteiger partial charge in [-0.1, -0.05) is 18.2 Å². The molecule has 0 unspecified atom stereocenters. The number of carbonyl (C=O) groups excluding carboxylic acids is 2. The molecule has 168 valence electrons. The van der Waals surface area contributed by atoms with Crippen molar-refractivity contribution >= 4 is 11.9 Å². The second kappa shape index (κ2) is 8.65. The number of ether oxygens (including phenoxy) is 3. The van der Waals surface area contributed by atoms with Gasteiger partial charge in [-0.3, -0.25) is 0 Å². The summed E-state index contributed by atoms with van der Waals surface area (Å²) in [6, 6.07) is 8.57. The number of esters is 2. The molecule has 0 N–H and O–H groups in total. The van der Waals surface area contributed by atoms with E-state index in [-0.39, 0.29) is 5.69 Å². The fourth-order valence-corrected chi connectivity index (χ4v) is 2.88. The van der Waals surface area contributed by atoms with Crippen LogP contribution in [0.4, 0.5) is 22.0 Å². The SMILES string of the molecule is COC(=O)c1c(-c2c(F)ccc(OC(F)(F)F)c2F)nn(-c2ccccc2)c1C(=O)OC. The summed E-state index contributed by atoms with van der Waals surface area (Å²) in [5, 5.41) is 3.95. The number of nitrogens with zero attached hydrogens (tertiary/aromatic N) is 2. The lowest BCUT2D eigenvalue weighted by Crippen LogP contribution is -2.18. The number of rotatable bonds is 5. The molecule has 7 nitrogen and oxygen atoms in total. The van der Waals surface area contributed by atoms with Crippen LogP contribution < -0.4 is 4.74 Å². The smallest absolute Gasteiger partial charge is 0.465 e. The van der Waals surface area contributed by atoms with Crippen LogP contribution in [0.1, 0.15) is 20.8 Å². The van der Waals surface area contributed by atoms with Gasteiger partial charge in [-0.2, -0.15) is 5.10 Å². The standard InChI is InChI=1S/C20H13F5N2O5/c1-30-18(28)14-16(13-11(21)8-9-12(15(13)22)32-20(23,24)25)26-27(17(14)19(29)31-2)10-6-4-3-5-7-10/h3-9H,1-2H3. The number of benzene rings is 2. The van der Waals surface area contributed by atoms with Crippen LogP contribution in [0.2, 0.25) is 0 Å². The molecule has 0 fully saturated rings. The fraction of sp³-hybridized carbons (Fsp3) is 0.150. The van der Waals surface area contributed by atoms with E-state index >= 15 is 0 Å². The van der Waals surface area contributed by atoms with Gasteiger partial charge >= 0.3 is 18.3 Å². The first-order chi connectivity index (χ1) is 15.1. The van der Waals surface area contributed by atoms with Crippen molar-refractivity contribution < 1.29 is 45.8 Å². The van der Waals surface area contributed by atoms with Gasteiger partial charge in [0.25, 0.3) is 0 Å². The summed E-state index contributed by atoms with van der Waals surface area (Å²) < 4.78 is 81.2. The molecule has 0 radical (unpaired) electrons. The third kappa shape index (κ3) is 4.24. The fourth-order valence-electron chi connectivity index (χ4n) is 2.88. The van der Waals surface area contributed by atoms with Gasteiger partial charge in [0.1, 0.15) is 17.1 Å². The number of hydrogen-bond donors (Lipinski definition) is 0. The number of para-hydroxylation sites is 1. The maximum atomic E-state index is 14.9. The Bertz CT molecular complexity index is 1180. The van der Waals surface area contributed by atoms with Crippen LogP contribution in [-0.4, -0.2) is 42.3 Å². The van der Waals surface area contributed by atoms with Crippen molar-refractivity contribution in [2.24, 2.45) is 0 Å². The Morgan fingerprint density at radius 1 is 0.938 bits per heavy atom. The van der Waals surface area contributed by atoms with Crippen LogP contribution in [0, 0.1) is 11.6 Å². The lowest BCUT2D eigenvalue weighted by Gasteiger charge is -2.12. The normalized spacial score (nSPS) is 11.2. The Kier molecular flexibility index (Phi) is 6.14. The monoisotopic (exact) mass is 456 g/mol. The van der Waals surface area contributed by atoms with Crippen molar-refractivity contribution in [3.63, 3.8) is 0 Å². The van der Waals surface area contributed by atoms with E-state index in [1.54, 1.807) is 18.2 Å². The molecule has 0 bridgehead atoms. The number of alkyl halides is 3. The third-order valence-electron chi connectivity index (χ3n) is 4.17. The van der Waals surface area contributed by atoms with Crippen molar-refractivity contribution in [3.8, 4) is 22.7 Å². The molecule has 0 aliphatic rings. The topological polar surface area (TPSA) is 79.7 Å². The zero-order chi connectivity index (χ0) is 23.6. The maximum Gasteiger partial charge on any atom is 0.573 e. The minimum Gasteiger partial charge on any atom is -0.465 e. The Labute approximate surface area is 176 Å². The summed E-state index contributed by atoms with van der Waals surface area (Å²) in [6.45, 7) is 0. The third-order valence-corrected chi connectivity index (χ3v) is 4.17. The molecule has 0 spiro atoms. The Morgan fingerprint density at radius 2 is 1.56 bits per heavy atom. The van der Waals surface area contributed by atoms with E-state index in [9.17, 15) is 31.5 Å². The summed E-state index contributed by atoms with van der Waals surface area (Å²) in [5.41, 5.74) is -3.00. The lowest BCUT2D eigenvalue weighted by atomic mass is 10.0. The lowest BCUT2D eigenvalue weighted by molar-refractivity contribution is -0.275. The molecule has 0 saturated carbocycles. The molecule has 0 aliphatic heterocycles. The van der Waals surface area contributed by atoms with Gasteiger partial charge in [-0.25, -0.2) is 23.1 Å². The molecule has 0 saturated heterocycles. The number of carbonyl (C=O) groups is 2. The van der Waals surface area contributed by atoms with Crippen LogP contribution in [0.3, 0.4) is 0 Å². The van der Waals surface area contributed by atoms with Crippen molar-refractivity contribution in [1.29, 1.82) is 0 Å². The Morgan fingerprint density at radius 3 is 2.12 bits per heavy atom. The van der Waals surface area contributed by atoms with E-state index in [0.717, 1.165) is 18.9 Å². The van der Waals surface area contributed by atoms with Crippen molar-refractivity contribution in [2.45, 2.75) is 6.36 Å². The highest BCUT2D eigenvalue weighted by molar-refractivity contribution is 6.07. The molecule has 0 aliphatic carbocycles. The van der Waals surface area contributed by atoms with Gasteiger partial charge in [0, 0.05) is 0 Å². The molecule has 3 rings (SSSR count). The van der Waals surface area contributed by atoms with E-state index < -0.39 is 58.2 Å². The summed E-state index contributed by atoms with van der Waals surface area (Å²) in [6.07, 6.45) is -5.28. The number of hydrogen-bond acceptors (Lipinski definition) is 6. The van der Waals surface area contributed by atoms with Crippen molar-refractivity contribution in [1.82, 2.24) is 9.78 Å². The second-order valence-corrected chi connectivity index (χ2v) is 6.09. The molecule has 12 heteroatoms. The van der Waals surface area contributed by atoms with Gasteiger partial charge in [-0.15, -0.1) is 13.2 Å². The molecule has 1 heterocycles. The van der Waals surface area contributed by atoms with Crippen LogP contribution in [-0.2, 0) is 9.47 Å². The average molecular weight is 456 g/mol. The molecular weight excluding hydrogens is 443 g/mol. The average Bonchev–Trinajstić information content (AvgIpc) is 3.14. The summed E-state index contributed by atoms with van der Waals surface area (Å²) in [5.74, 6) is -6.86. The summed E-state index contributed by atoms with van der Waals surface area (Å²) >= 11 is 0. The van der Waals surface area contributed by atoms with Gasteiger partial charge < -0.3 is 14.2 Å². The highest BCUT2D eigenvalue weighted by Crippen LogP contribution is 2.37. The number of halogens is 5. The first-order valence-corrected chi connectivity index (χ1v) is 8.68. The van der Waals surface area contributed by atoms with E-state index in [0.29, 0.717) is 12.1 Å². The Hall–Kier alpha value is -3.96. The molecule has 3 aromatic rings. The first kappa shape index (κ1) is 22.7. The summed E-state index contributed by atoms with van der Waals surface area (Å²) in [7, 11) is 1.92. The van der Waals surface area contributed by atoms with Crippen LogP contribution >= 0.6 is 0 Å². The predicted octanol–water partition coefficient (Wildman–Crippen LogP) is 4.29. The maximum absolute atomic E-state index is 14.9. The minimum absolute atomic E-state index is 0.188. The first-order valence-electron chi connectivity index (χ1n) is 8.68. The number of methoxy groups -OCH3 is 2. The minimum atomic E-state index is -5.28. The van der Waals surface area contributed by atoms with Crippen LogP contribution in [0.5, 0.6) is 5.75 Å². The van der Waals surface area contributed by atoms with Crippen molar-refractivity contribution in [2.75, 3.05) is 14.2 Å². The van der Waals surface area contributed by atoms with Crippen LogP contribution in [0.25, 0.3) is 16.9 Å². The van der Waals surface area contributed by atoms with Gasteiger partial charge in [0.2, 0.25) is 0 Å². The number of aromatic nitrogens is 2. The molecular formula is C20H13F5N2O5. The van der Waals surface area contributed by atoms with E-state index in [1.165, 1.54) is 12.1 Å². The molecule has 2 aromatic carbocycles. The molecule has 0 atom stereocenters. The Balaban J connectivity index is 2.39. The van der Waals surface area contributed by atoms with Gasteiger partial charge in [0.05, 0.1) is 25.5 Å². The molecule has 0 amide bonds. The van der Waals surface area contributed by atoms with Crippen LogP contribution in [0.15, 0.2) is 42.5 Å². The predicted molar refractivity (Wildman–Crippen MR) is 98.3 cm³/mol. The highest BCUT2D eigenvalue weighted by Gasteiger charge is 2.37. The largest absolute Gasteiger partial charge is 0.573 e. The zero-order valence-electron chi connectivity index (χ0n) is 16.4. The van der Waals surface area contributed by atoms with E-state index in [2.05, 4.69) is 19.3 Å². The molecule has 32 heavy (non-hydrogen) atoms. The van der Waals surface area contributed by atoms with Gasteiger partial charge in [0.15, 0.2) is 17.3 Å². The van der Waals surface area contributed by atoms with Crippen molar-refractivity contribution in [3.05, 3.63) is 65.4 Å². The zero-order valence-corrected chi connectivity index (χ0v) is 16.4. The van der Waals surface area contributed by atoms with E-state index in [1.807, 2.05) is 0 Å².